The summed E-state index contributed by atoms with van der Waals surface area (Å²) in [7, 11) is 0.320. The van der Waals surface area contributed by atoms with Gasteiger partial charge in [0.1, 0.15) is 16.4 Å². The first kappa shape index (κ1) is 16.5. The Bertz CT molecular complexity index is 595. The maximum atomic E-state index is 12.6. The molecule has 1 saturated heterocycles. The quantitative estimate of drug-likeness (QED) is 0.814. The fourth-order valence-corrected chi connectivity index (χ4v) is 4.50. The summed E-state index contributed by atoms with van der Waals surface area (Å²) in [6, 6.07) is 0. The van der Waals surface area contributed by atoms with Crippen LogP contribution in [0.1, 0.15) is 23.5 Å². The molecule has 1 unspecified atom stereocenters. The zero-order valence-electron chi connectivity index (χ0n) is 13.2. The van der Waals surface area contributed by atoms with Crippen molar-refractivity contribution in [2.24, 2.45) is 5.92 Å². The molecule has 1 aromatic heterocycles. The highest BCUT2D eigenvalue weighted by atomic mass is 32.2. The third kappa shape index (κ3) is 3.66. The molecule has 0 amide bonds. The van der Waals surface area contributed by atoms with Gasteiger partial charge in [0.2, 0.25) is 10.0 Å². The average Bonchev–Trinajstić information content (AvgIpc) is 2.92. The van der Waals surface area contributed by atoms with Gasteiger partial charge in [-0.3, -0.25) is 0 Å². The van der Waals surface area contributed by atoms with Gasteiger partial charge in [-0.25, -0.2) is 13.1 Å². The van der Waals surface area contributed by atoms with Crippen LogP contribution in [0.25, 0.3) is 0 Å². The van der Waals surface area contributed by atoms with Crippen LogP contribution in [-0.2, 0) is 16.6 Å². The van der Waals surface area contributed by atoms with Crippen LogP contribution in [0.4, 0.5) is 0 Å². The first-order valence-corrected chi connectivity index (χ1v) is 8.75. The smallest absolute Gasteiger partial charge is 0.244 e. The molecule has 1 aromatic rings. The van der Waals surface area contributed by atoms with Crippen LogP contribution in [0.2, 0.25) is 0 Å². The molecule has 1 aliphatic heterocycles. The second-order valence-electron chi connectivity index (χ2n) is 5.82. The van der Waals surface area contributed by atoms with Crippen LogP contribution in [0.5, 0.6) is 0 Å². The van der Waals surface area contributed by atoms with Crippen LogP contribution in [-0.4, -0.2) is 47.0 Å². The van der Waals surface area contributed by atoms with Crippen molar-refractivity contribution in [3.8, 4) is 0 Å². The number of hydrogen-bond acceptors (Lipinski definition) is 5. The lowest BCUT2D eigenvalue weighted by Crippen LogP contribution is -2.31. The van der Waals surface area contributed by atoms with E-state index >= 15 is 0 Å². The molecule has 21 heavy (non-hydrogen) atoms. The van der Waals surface area contributed by atoms with Crippen molar-refractivity contribution >= 4 is 10.0 Å². The maximum Gasteiger partial charge on any atom is 0.244 e. The zero-order valence-corrected chi connectivity index (χ0v) is 14.0. The summed E-state index contributed by atoms with van der Waals surface area (Å²) in [6.45, 7) is 6.42. The summed E-state index contributed by atoms with van der Waals surface area (Å²) >= 11 is 0. The molecule has 1 fully saturated rings. The van der Waals surface area contributed by atoms with Crippen molar-refractivity contribution in [3.05, 3.63) is 17.1 Å². The number of nitrogens with zero attached hydrogens (tertiary/aromatic N) is 1. The third-order valence-corrected chi connectivity index (χ3v) is 5.62. The molecule has 0 aromatic carbocycles. The minimum atomic E-state index is -3.53. The van der Waals surface area contributed by atoms with Gasteiger partial charge in [0.25, 0.3) is 0 Å². The first-order valence-electron chi connectivity index (χ1n) is 7.26. The van der Waals surface area contributed by atoms with E-state index in [4.69, 9.17) is 4.42 Å². The van der Waals surface area contributed by atoms with Crippen molar-refractivity contribution in [2.45, 2.75) is 31.7 Å². The van der Waals surface area contributed by atoms with Crippen LogP contribution < -0.4 is 10.0 Å². The molecule has 2 heterocycles. The van der Waals surface area contributed by atoms with Crippen LogP contribution in [0.3, 0.4) is 0 Å². The summed E-state index contributed by atoms with van der Waals surface area (Å²) in [6.07, 6.45) is 1.03. The van der Waals surface area contributed by atoms with Gasteiger partial charge in [-0.1, -0.05) is 0 Å². The second-order valence-corrected chi connectivity index (χ2v) is 7.53. The van der Waals surface area contributed by atoms with E-state index in [0.717, 1.165) is 19.5 Å². The van der Waals surface area contributed by atoms with Gasteiger partial charge < -0.3 is 14.6 Å². The molecular weight excluding hydrogens is 290 g/mol. The minimum absolute atomic E-state index is 0.292. The van der Waals surface area contributed by atoms with Crippen molar-refractivity contribution in [1.29, 1.82) is 0 Å². The lowest BCUT2D eigenvalue weighted by Gasteiger charge is -2.13. The summed E-state index contributed by atoms with van der Waals surface area (Å²) in [5.74, 6) is 1.49. The van der Waals surface area contributed by atoms with E-state index in [1.165, 1.54) is 0 Å². The van der Waals surface area contributed by atoms with Gasteiger partial charge >= 0.3 is 0 Å². The number of furan rings is 1. The molecule has 2 rings (SSSR count). The van der Waals surface area contributed by atoms with Gasteiger partial charge in [-0.15, -0.1) is 0 Å². The maximum absolute atomic E-state index is 12.6. The summed E-state index contributed by atoms with van der Waals surface area (Å²) in [4.78, 5) is 2.51. The van der Waals surface area contributed by atoms with Gasteiger partial charge in [-0.05, 0) is 46.8 Å². The largest absolute Gasteiger partial charge is 0.465 e. The number of hydrogen-bond donors (Lipinski definition) is 2. The number of likely N-dealkylation sites (tertiary alicyclic amines) is 1. The van der Waals surface area contributed by atoms with Gasteiger partial charge in [0, 0.05) is 25.2 Å². The Morgan fingerprint density at radius 1 is 1.33 bits per heavy atom. The highest BCUT2D eigenvalue weighted by Crippen LogP contribution is 2.26. The fourth-order valence-electron chi connectivity index (χ4n) is 2.94. The van der Waals surface area contributed by atoms with Crippen molar-refractivity contribution < 1.29 is 12.8 Å². The Morgan fingerprint density at radius 2 is 2.05 bits per heavy atom. The van der Waals surface area contributed by atoms with Crippen molar-refractivity contribution in [3.63, 3.8) is 0 Å². The Morgan fingerprint density at radius 3 is 2.62 bits per heavy atom. The third-order valence-electron chi connectivity index (χ3n) is 4.00. The van der Waals surface area contributed by atoms with Gasteiger partial charge in [0.05, 0.1) is 0 Å². The standard InChI is InChI=1S/C14H25N3O3S/c1-10-13(8-15-3)14(11(2)20-10)21(18,19)16-7-12-5-6-17(4)9-12/h12,15-16H,5-9H2,1-4H3. The lowest BCUT2D eigenvalue weighted by molar-refractivity contribution is 0.394. The molecule has 120 valence electrons. The average molecular weight is 315 g/mol. The number of rotatable bonds is 6. The predicted molar refractivity (Wildman–Crippen MR) is 81.7 cm³/mol. The molecule has 1 atom stereocenters. The minimum Gasteiger partial charge on any atom is -0.465 e. The van der Waals surface area contributed by atoms with E-state index in [-0.39, 0.29) is 0 Å². The Labute approximate surface area is 126 Å². The van der Waals surface area contributed by atoms with Crippen LogP contribution in [0, 0.1) is 19.8 Å². The van der Waals surface area contributed by atoms with E-state index in [2.05, 4.69) is 22.0 Å². The molecule has 0 spiro atoms. The van der Waals surface area contributed by atoms with E-state index < -0.39 is 10.0 Å². The number of aryl methyl sites for hydroxylation is 2. The molecule has 2 N–H and O–H groups in total. The summed E-state index contributed by atoms with van der Waals surface area (Å²) in [5, 5.41) is 2.99. The Kier molecular flexibility index (Phi) is 5.08. The van der Waals surface area contributed by atoms with E-state index in [1.54, 1.807) is 20.9 Å². The first-order chi connectivity index (χ1) is 9.85. The van der Waals surface area contributed by atoms with E-state index in [1.807, 2.05) is 0 Å². The molecule has 0 bridgehead atoms. The molecule has 0 aliphatic carbocycles. The topological polar surface area (TPSA) is 74.6 Å². The van der Waals surface area contributed by atoms with Crippen molar-refractivity contribution in [2.75, 3.05) is 33.7 Å². The monoisotopic (exact) mass is 315 g/mol. The van der Waals surface area contributed by atoms with Gasteiger partial charge in [-0.2, -0.15) is 0 Å². The number of nitrogens with one attached hydrogen (secondary N) is 2. The highest BCUT2D eigenvalue weighted by Gasteiger charge is 2.28. The molecule has 7 heteroatoms. The normalized spacial score (nSPS) is 20.3. The van der Waals surface area contributed by atoms with Crippen LogP contribution in [0.15, 0.2) is 9.31 Å². The Hall–Kier alpha value is -0.890. The highest BCUT2D eigenvalue weighted by molar-refractivity contribution is 7.89. The van der Waals surface area contributed by atoms with Crippen molar-refractivity contribution in [1.82, 2.24) is 14.9 Å². The fraction of sp³-hybridized carbons (Fsp3) is 0.714. The molecular formula is C14H25N3O3S. The Balaban J connectivity index is 2.15. The summed E-state index contributed by atoms with van der Waals surface area (Å²) in [5.41, 5.74) is 0.714. The molecule has 6 nitrogen and oxygen atoms in total. The molecule has 0 radical (unpaired) electrons. The van der Waals surface area contributed by atoms with Gasteiger partial charge in [0.15, 0.2) is 0 Å². The molecule has 0 saturated carbocycles. The van der Waals surface area contributed by atoms with E-state index in [0.29, 0.717) is 41.0 Å². The lowest BCUT2D eigenvalue weighted by atomic mass is 10.1. The van der Waals surface area contributed by atoms with Crippen LogP contribution >= 0.6 is 0 Å². The summed E-state index contributed by atoms with van der Waals surface area (Å²) < 4.78 is 33.4. The SMILES string of the molecule is CNCc1c(C)oc(C)c1S(=O)(=O)NCC1CCN(C)C1. The van der Waals surface area contributed by atoms with E-state index in [9.17, 15) is 8.42 Å². The predicted octanol–water partition coefficient (Wildman–Crippen LogP) is 0.846. The molecule has 1 aliphatic rings. The number of sulfonamides is 1. The zero-order chi connectivity index (χ0) is 15.6. The second kappa shape index (κ2) is 6.48.